The van der Waals surface area contributed by atoms with E-state index in [1.54, 1.807) is 12.1 Å². The van der Waals surface area contributed by atoms with Gasteiger partial charge in [-0.15, -0.1) is 11.8 Å². The van der Waals surface area contributed by atoms with Crippen LogP contribution >= 0.6 is 23.4 Å². The van der Waals surface area contributed by atoms with Gasteiger partial charge in [-0.2, -0.15) is 0 Å². The number of rotatable bonds is 7. The number of aryl methyl sites for hydroxylation is 1. The van der Waals surface area contributed by atoms with Gasteiger partial charge in [0.1, 0.15) is 0 Å². The topological polar surface area (TPSA) is 55.4 Å². The number of hydrogen-bond donors (Lipinski definition) is 1. The van der Waals surface area contributed by atoms with Crippen molar-refractivity contribution in [1.82, 2.24) is 5.32 Å². The van der Waals surface area contributed by atoms with Gasteiger partial charge < -0.3 is 10.1 Å². The molecule has 0 fully saturated rings. The second-order valence-electron chi connectivity index (χ2n) is 5.55. The average molecular weight is 378 g/mol. The van der Waals surface area contributed by atoms with Gasteiger partial charge in [-0.05, 0) is 49.2 Å². The van der Waals surface area contributed by atoms with Crippen molar-refractivity contribution in [3.05, 3.63) is 64.7 Å². The molecule has 0 heterocycles. The summed E-state index contributed by atoms with van der Waals surface area (Å²) in [5, 5.41) is 3.48. The summed E-state index contributed by atoms with van der Waals surface area (Å²) < 4.78 is 5.02. The first-order valence-electron chi connectivity index (χ1n) is 7.84. The number of halogens is 1. The van der Waals surface area contributed by atoms with Gasteiger partial charge in [-0.3, -0.25) is 9.59 Å². The summed E-state index contributed by atoms with van der Waals surface area (Å²) in [7, 11) is 0. The van der Waals surface area contributed by atoms with Crippen molar-refractivity contribution in [3.63, 3.8) is 0 Å². The van der Waals surface area contributed by atoms with Crippen LogP contribution < -0.4 is 5.32 Å². The van der Waals surface area contributed by atoms with Crippen LogP contribution in [0.3, 0.4) is 0 Å². The minimum Gasteiger partial charge on any atom is -0.455 e. The predicted octanol–water partition coefficient (Wildman–Crippen LogP) is 4.16. The minimum absolute atomic E-state index is 0.141. The predicted molar refractivity (Wildman–Crippen MR) is 101 cm³/mol. The Kier molecular flexibility index (Phi) is 7.34. The largest absolute Gasteiger partial charge is 0.455 e. The van der Waals surface area contributed by atoms with Crippen molar-refractivity contribution >= 4 is 35.2 Å². The number of carbonyl (C=O) groups is 2. The highest BCUT2D eigenvalue weighted by Crippen LogP contribution is 2.20. The molecule has 1 unspecified atom stereocenters. The first-order chi connectivity index (χ1) is 12.0. The lowest BCUT2D eigenvalue weighted by atomic mass is 10.0. The van der Waals surface area contributed by atoms with Crippen LogP contribution in [0, 0.1) is 6.92 Å². The molecule has 4 nitrogen and oxygen atoms in total. The van der Waals surface area contributed by atoms with Crippen molar-refractivity contribution in [3.8, 4) is 0 Å². The molecule has 0 aliphatic carbocycles. The van der Waals surface area contributed by atoms with Gasteiger partial charge in [0.2, 0.25) is 0 Å². The average Bonchev–Trinajstić information content (AvgIpc) is 2.59. The van der Waals surface area contributed by atoms with Crippen LogP contribution in [0.15, 0.2) is 53.4 Å². The van der Waals surface area contributed by atoms with Gasteiger partial charge in [-0.1, -0.05) is 35.9 Å². The molecule has 1 amide bonds. The number of carbonyl (C=O) groups excluding carboxylic acids is 2. The van der Waals surface area contributed by atoms with Crippen molar-refractivity contribution in [2.75, 3.05) is 12.4 Å². The zero-order chi connectivity index (χ0) is 18.2. The Bertz CT molecular complexity index is 734. The Balaban J connectivity index is 1.73. The molecule has 25 heavy (non-hydrogen) atoms. The molecule has 0 bridgehead atoms. The Morgan fingerprint density at radius 1 is 1.16 bits per heavy atom. The van der Waals surface area contributed by atoms with Gasteiger partial charge in [0.25, 0.3) is 5.91 Å². The van der Waals surface area contributed by atoms with Crippen LogP contribution in [0.5, 0.6) is 0 Å². The number of esters is 1. The second kappa shape index (κ2) is 9.49. The molecule has 0 saturated heterocycles. The Hall–Kier alpha value is -1.98. The highest BCUT2D eigenvalue weighted by Gasteiger charge is 2.13. The number of hydrogen-bond acceptors (Lipinski definition) is 4. The SMILES string of the molecule is Cc1ccccc1C(C)NC(=O)COC(=O)CSc1ccc(Cl)cc1. The van der Waals surface area contributed by atoms with Crippen molar-refractivity contribution in [2.24, 2.45) is 0 Å². The van der Waals surface area contributed by atoms with Gasteiger partial charge in [0.05, 0.1) is 11.8 Å². The first kappa shape index (κ1) is 19.3. The van der Waals surface area contributed by atoms with Gasteiger partial charge >= 0.3 is 5.97 Å². The van der Waals surface area contributed by atoms with Crippen molar-refractivity contribution in [2.45, 2.75) is 24.8 Å². The van der Waals surface area contributed by atoms with E-state index in [9.17, 15) is 9.59 Å². The van der Waals surface area contributed by atoms with E-state index in [-0.39, 0.29) is 24.3 Å². The number of ether oxygens (including phenoxy) is 1. The van der Waals surface area contributed by atoms with E-state index in [0.717, 1.165) is 16.0 Å². The molecule has 0 aliphatic rings. The molecule has 2 aromatic carbocycles. The lowest BCUT2D eigenvalue weighted by Crippen LogP contribution is -2.31. The normalized spacial score (nSPS) is 11.6. The summed E-state index contributed by atoms with van der Waals surface area (Å²) in [6.45, 7) is 3.61. The van der Waals surface area contributed by atoms with Crippen LogP contribution in [-0.2, 0) is 14.3 Å². The Labute approximate surface area is 156 Å². The van der Waals surface area contributed by atoms with E-state index in [2.05, 4.69) is 5.32 Å². The summed E-state index contributed by atoms with van der Waals surface area (Å²) in [5.41, 5.74) is 2.15. The van der Waals surface area contributed by atoms with Crippen molar-refractivity contribution in [1.29, 1.82) is 0 Å². The maximum Gasteiger partial charge on any atom is 0.316 e. The number of benzene rings is 2. The second-order valence-corrected chi connectivity index (χ2v) is 7.03. The van der Waals surface area contributed by atoms with E-state index in [1.807, 2.05) is 50.2 Å². The number of thioether (sulfide) groups is 1. The summed E-state index contributed by atoms with van der Waals surface area (Å²) in [6, 6.07) is 14.9. The maximum absolute atomic E-state index is 11.9. The molecule has 0 spiro atoms. The van der Waals surface area contributed by atoms with Crippen LogP contribution in [0.2, 0.25) is 5.02 Å². The Morgan fingerprint density at radius 3 is 2.52 bits per heavy atom. The molecule has 0 aromatic heterocycles. The van der Waals surface area contributed by atoms with E-state index >= 15 is 0 Å². The molecule has 1 N–H and O–H groups in total. The maximum atomic E-state index is 11.9. The fourth-order valence-corrected chi connectivity index (χ4v) is 3.12. The Morgan fingerprint density at radius 2 is 1.84 bits per heavy atom. The van der Waals surface area contributed by atoms with Crippen LogP contribution in [-0.4, -0.2) is 24.2 Å². The third kappa shape index (κ3) is 6.44. The van der Waals surface area contributed by atoms with E-state index in [1.165, 1.54) is 11.8 Å². The molecule has 0 saturated carbocycles. The highest BCUT2D eigenvalue weighted by atomic mass is 35.5. The summed E-state index contributed by atoms with van der Waals surface area (Å²) in [4.78, 5) is 24.6. The third-order valence-electron chi connectivity index (χ3n) is 3.57. The minimum atomic E-state index is -0.432. The molecule has 6 heteroatoms. The molecule has 0 aliphatic heterocycles. The smallest absolute Gasteiger partial charge is 0.316 e. The number of amides is 1. The lowest BCUT2D eigenvalue weighted by molar-refractivity contribution is -0.146. The molecule has 1 atom stereocenters. The highest BCUT2D eigenvalue weighted by molar-refractivity contribution is 8.00. The first-order valence-corrected chi connectivity index (χ1v) is 9.21. The number of nitrogens with one attached hydrogen (secondary N) is 1. The van der Waals surface area contributed by atoms with Crippen molar-refractivity contribution < 1.29 is 14.3 Å². The molecule has 132 valence electrons. The zero-order valence-electron chi connectivity index (χ0n) is 14.1. The standard InChI is InChI=1S/C19H20ClNO3S/c1-13-5-3-4-6-17(13)14(2)21-18(22)11-24-19(23)12-25-16-9-7-15(20)8-10-16/h3-10,14H,11-12H2,1-2H3,(H,21,22). The van der Waals surface area contributed by atoms with Gasteiger partial charge in [0.15, 0.2) is 6.61 Å². The molecule has 2 aromatic rings. The van der Waals surface area contributed by atoms with Gasteiger partial charge in [0, 0.05) is 9.92 Å². The third-order valence-corrected chi connectivity index (χ3v) is 4.80. The van der Waals surface area contributed by atoms with E-state index < -0.39 is 5.97 Å². The fourth-order valence-electron chi connectivity index (χ4n) is 2.29. The van der Waals surface area contributed by atoms with E-state index in [0.29, 0.717) is 5.02 Å². The monoisotopic (exact) mass is 377 g/mol. The van der Waals surface area contributed by atoms with E-state index in [4.69, 9.17) is 16.3 Å². The molecular weight excluding hydrogens is 358 g/mol. The van der Waals surface area contributed by atoms with Crippen LogP contribution in [0.1, 0.15) is 24.1 Å². The fraction of sp³-hybridized carbons (Fsp3) is 0.263. The van der Waals surface area contributed by atoms with Gasteiger partial charge in [-0.25, -0.2) is 0 Å². The summed E-state index contributed by atoms with van der Waals surface area (Å²) in [6.07, 6.45) is 0. The van der Waals surface area contributed by atoms with Crippen LogP contribution in [0.4, 0.5) is 0 Å². The zero-order valence-corrected chi connectivity index (χ0v) is 15.7. The van der Waals surface area contributed by atoms with Crippen LogP contribution in [0.25, 0.3) is 0 Å². The molecule has 0 radical (unpaired) electrons. The quantitative estimate of drug-likeness (QED) is 0.581. The molecule has 2 rings (SSSR count). The summed E-state index contributed by atoms with van der Waals surface area (Å²) >= 11 is 7.15. The summed E-state index contributed by atoms with van der Waals surface area (Å²) in [5.74, 6) is -0.610. The lowest BCUT2D eigenvalue weighted by Gasteiger charge is -2.16. The molecular formula is C19H20ClNO3S.